The molecule has 196 valence electrons. The second kappa shape index (κ2) is 10.8. The zero-order valence-electron chi connectivity index (χ0n) is 19.4. The van der Waals surface area contributed by atoms with Gasteiger partial charge in [0.2, 0.25) is 5.91 Å². The quantitative estimate of drug-likeness (QED) is 0.199. The Morgan fingerprint density at radius 3 is 2.65 bits per heavy atom. The number of carboxylic acid groups (broad SMARTS) is 1. The molecule has 2 aliphatic heterocycles. The Hall–Kier alpha value is -3.60. The van der Waals surface area contributed by atoms with Crippen LogP contribution in [0.25, 0.3) is 0 Å². The molecule has 3 amide bonds. The molecule has 37 heavy (non-hydrogen) atoms. The van der Waals surface area contributed by atoms with Gasteiger partial charge in [-0.3, -0.25) is 14.5 Å². The summed E-state index contributed by atoms with van der Waals surface area (Å²) in [4.78, 5) is 54.7. The molecule has 2 unspecified atom stereocenters. The number of aromatic nitrogens is 3. The van der Waals surface area contributed by atoms with Crippen LogP contribution in [0, 0.1) is 0 Å². The van der Waals surface area contributed by atoms with E-state index in [2.05, 4.69) is 15.4 Å². The van der Waals surface area contributed by atoms with Crippen molar-refractivity contribution in [3.05, 3.63) is 46.9 Å². The smallest absolute Gasteiger partial charge is 0.352 e. The molecule has 1 fully saturated rings. The first-order valence-electron chi connectivity index (χ1n) is 10.7. The summed E-state index contributed by atoms with van der Waals surface area (Å²) in [7, 11) is 1.44. The average Bonchev–Trinajstić information content (AvgIpc) is 3.28. The fourth-order valence-corrected chi connectivity index (χ4v) is 6.23. The fourth-order valence-electron chi connectivity index (χ4n) is 3.79. The highest BCUT2D eigenvalue weighted by atomic mass is 32.2. The number of ether oxygens (including phenoxy) is 1. The van der Waals surface area contributed by atoms with Gasteiger partial charge in [-0.2, -0.15) is 4.68 Å². The molecule has 0 saturated carbocycles. The summed E-state index contributed by atoms with van der Waals surface area (Å²) in [5.74, 6) is -1.86. The van der Waals surface area contributed by atoms with Gasteiger partial charge in [0.1, 0.15) is 35.5 Å². The van der Waals surface area contributed by atoms with E-state index in [1.807, 2.05) is 0 Å². The van der Waals surface area contributed by atoms with Crippen LogP contribution in [0.3, 0.4) is 0 Å². The summed E-state index contributed by atoms with van der Waals surface area (Å²) in [6.07, 6.45) is 0. The number of fused-ring (bicyclic) bond motifs is 1. The number of carbonyl (C=O) groups is 4. The van der Waals surface area contributed by atoms with Crippen LogP contribution in [0.15, 0.2) is 40.7 Å². The summed E-state index contributed by atoms with van der Waals surface area (Å²) in [5.41, 5.74) is 12.0. The van der Waals surface area contributed by atoms with Gasteiger partial charge in [0.25, 0.3) is 5.91 Å². The fraction of sp³-hybridized carbons (Fsp3) is 0.333. The lowest BCUT2D eigenvalue weighted by Gasteiger charge is -2.49. The van der Waals surface area contributed by atoms with Crippen molar-refractivity contribution in [3.8, 4) is 5.75 Å². The number of benzene rings is 1. The lowest BCUT2D eigenvalue weighted by molar-refractivity contribution is -0.150. The maximum atomic E-state index is 12.9. The maximum absolute atomic E-state index is 12.9. The molecule has 4 rings (SSSR count). The van der Waals surface area contributed by atoms with Crippen LogP contribution in [0.2, 0.25) is 0 Å². The molecule has 1 aromatic carbocycles. The standard InChI is InChI=1S/C21H23N7O7S2/c1-35-6-12-24-21(28(26-12)20(23)34)37-8-10-7-36-18-14(17(31)27(18)15(10)19(32)33)25-16(30)13(22)9-2-4-11(29)5-3-9/h2-5,13-14,18,29H,6-8,22H2,1H3,(H2,23,34)(H,25,30)(H,32,33)/t13?,14?,18-/m1/s1. The van der Waals surface area contributed by atoms with E-state index >= 15 is 0 Å². The number of thioether (sulfide) groups is 2. The van der Waals surface area contributed by atoms with Crippen molar-refractivity contribution in [1.29, 1.82) is 0 Å². The number of amides is 3. The number of rotatable bonds is 9. The molecular formula is C21H23N7O7S2. The molecule has 1 saturated heterocycles. The molecule has 3 heterocycles. The summed E-state index contributed by atoms with van der Waals surface area (Å²) in [6, 6.07) is 2.89. The van der Waals surface area contributed by atoms with Crippen LogP contribution < -0.4 is 16.8 Å². The number of aromatic hydroxyl groups is 1. The van der Waals surface area contributed by atoms with Crippen molar-refractivity contribution in [1.82, 2.24) is 25.0 Å². The topological polar surface area (TPSA) is 216 Å². The highest BCUT2D eigenvalue weighted by Crippen LogP contribution is 2.41. The number of primary amides is 1. The van der Waals surface area contributed by atoms with Crippen LogP contribution in [0.1, 0.15) is 17.4 Å². The van der Waals surface area contributed by atoms with Crippen molar-refractivity contribution in [2.24, 2.45) is 11.5 Å². The van der Waals surface area contributed by atoms with Gasteiger partial charge in [-0.15, -0.1) is 16.9 Å². The van der Waals surface area contributed by atoms with Crippen molar-refractivity contribution >= 4 is 47.3 Å². The normalized spacial score (nSPS) is 19.7. The predicted octanol–water partition coefficient (Wildman–Crippen LogP) is -0.412. The number of carbonyl (C=O) groups excluding carboxylic acids is 3. The molecule has 3 atom stereocenters. The Balaban J connectivity index is 1.47. The number of β-lactam (4-membered cyclic amide) rings is 1. The van der Waals surface area contributed by atoms with E-state index in [4.69, 9.17) is 16.2 Å². The highest BCUT2D eigenvalue weighted by molar-refractivity contribution is 8.01. The summed E-state index contributed by atoms with van der Waals surface area (Å²) in [5, 5.41) is 25.4. The largest absolute Gasteiger partial charge is 0.508 e. The molecule has 2 aliphatic rings. The number of nitrogens with two attached hydrogens (primary N) is 2. The van der Waals surface area contributed by atoms with Crippen molar-refractivity contribution < 1.29 is 34.1 Å². The first-order valence-corrected chi connectivity index (χ1v) is 12.8. The number of hydrogen-bond donors (Lipinski definition) is 5. The summed E-state index contributed by atoms with van der Waals surface area (Å²) in [6.45, 7) is 0.0558. The molecule has 14 nitrogen and oxygen atoms in total. The van der Waals surface area contributed by atoms with Gasteiger partial charge in [-0.05, 0) is 23.3 Å². The minimum absolute atomic E-state index is 0.0204. The number of phenols is 1. The lowest BCUT2D eigenvalue weighted by Crippen LogP contribution is -2.71. The van der Waals surface area contributed by atoms with Gasteiger partial charge in [0.15, 0.2) is 11.0 Å². The summed E-state index contributed by atoms with van der Waals surface area (Å²) >= 11 is 2.34. The maximum Gasteiger partial charge on any atom is 0.352 e. The van der Waals surface area contributed by atoms with Crippen molar-refractivity contribution in [3.63, 3.8) is 0 Å². The highest BCUT2D eigenvalue weighted by Gasteiger charge is 2.54. The average molecular weight is 550 g/mol. The third-order valence-electron chi connectivity index (χ3n) is 5.56. The van der Waals surface area contributed by atoms with Crippen LogP contribution in [0.5, 0.6) is 5.75 Å². The van der Waals surface area contributed by atoms with Crippen LogP contribution in [-0.2, 0) is 25.7 Å². The molecule has 2 aromatic rings. The van der Waals surface area contributed by atoms with Crippen LogP contribution in [-0.4, -0.2) is 83.7 Å². The molecule has 1 aromatic heterocycles. The molecular weight excluding hydrogens is 526 g/mol. The number of nitrogens with one attached hydrogen (secondary N) is 1. The number of carboxylic acids is 1. The minimum Gasteiger partial charge on any atom is -0.508 e. The van der Waals surface area contributed by atoms with E-state index < -0.39 is 41.3 Å². The van der Waals surface area contributed by atoms with Crippen molar-refractivity contribution in [2.45, 2.75) is 29.2 Å². The SMILES string of the molecule is COCc1nc(SCC2=C(C(=O)O)N3C(=O)C(NC(=O)C(N)c4ccc(O)cc4)[C@H]3SC2)n(C(N)=O)n1. The third-order valence-corrected chi connectivity index (χ3v) is 7.92. The van der Waals surface area contributed by atoms with E-state index in [1.54, 1.807) is 0 Å². The second-order valence-electron chi connectivity index (χ2n) is 8.00. The molecule has 16 heteroatoms. The Labute approximate surface area is 218 Å². The van der Waals surface area contributed by atoms with E-state index in [-0.39, 0.29) is 40.5 Å². The van der Waals surface area contributed by atoms with E-state index in [0.717, 1.165) is 21.3 Å². The molecule has 0 spiro atoms. The van der Waals surface area contributed by atoms with Crippen molar-refractivity contribution in [2.75, 3.05) is 18.6 Å². The molecule has 7 N–H and O–H groups in total. The van der Waals surface area contributed by atoms with Gasteiger partial charge in [-0.25, -0.2) is 14.6 Å². The van der Waals surface area contributed by atoms with Gasteiger partial charge in [0, 0.05) is 18.6 Å². The second-order valence-corrected chi connectivity index (χ2v) is 10.1. The number of phenolic OH excluding ortho intramolecular Hbond substituents is 1. The van der Waals surface area contributed by atoms with Crippen LogP contribution in [0.4, 0.5) is 4.79 Å². The van der Waals surface area contributed by atoms with E-state index in [0.29, 0.717) is 11.1 Å². The monoisotopic (exact) mass is 549 g/mol. The van der Waals surface area contributed by atoms with E-state index in [9.17, 15) is 29.4 Å². The zero-order chi connectivity index (χ0) is 26.9. The predicted molar refractivity (Wildman–Crippen MR) is 131 cm³/mol. The van der Waals surface area contributed by atoms with Crippen LogP contribution >= 0.6 is 23.5 Å². The minimum atomic E-state index is -1.30. The number of aliphatic carboxylic acids is 1. The number of methoxy groups -OCH3 is 1. The van der Waals surface area contributed by atoms with E-state index in [1.165, 1.54) is 43.1 Å². The van der Waals surface area contributed by atoms with Gasteiger partial charge in [-0.1, -0.05) is 23.9 Å². The molecule has 0 aliphatic carbocycles. The molecule has 0 bridgehead atoms. The first kappa shape index (κ1) is 26.5. The van der Waals surface area contributed by atoms with Gasteiger partial charge < -0.3 is 31.7 Å². The van der Waals surface area contributed by atoms with Gasteiger partial charge in [0.05, 0.1) is 0 Å². The molecule has 0 radical (unpaired) electrons. The number of hydrogen-bond acceptors (Lipinski definition) is 11. The number of nitrogens with zero attached hydrogens (tertiary/aromatic N) is 4. The summed E-state index contributed by atoms with van der Waals surface area (Å²) < 4.78 is 5.86. The Morgan fingerprint density at radius 1 is 1.32 bits per heavy atom. The zero-order valence-corrected chi connectivity index (χ0v) is 21.0. The third kappa shape index (κ3) is 5.27. The lowest BCUT2D eigenvalue weighted by atomic mass is 10.0. The Morgan fingerprint density at radius 2 is 2.03 bits per heavy atom. The Kier molecular flexibility index (Phi) is 7.72. The first-order chi connectivity index (χ1) is 17.6. The van der Waals surface area contributed by atoms with Gasteiger partial charge >= 0.3 is 12.0 Å². The Bertz CT molecular complexity index is 1280.